The van der Waals surface area contributed by atoms with Gasteiger partial charge in [0.2, 0.25) is 0 Å². The molecule has 1 amide bonds. The highest BCUT2D eigenvalue weighted by molar-refractivity contribution is 7.20. The van der Waals surface area contributed by atoms with E-state index in [2.05, 4.69) is 15.3 Å². The third-order valence-electron chi connectivity index (χ3n) is 3.54. The second-order valence-corrected chi connectivity index (χ2v) is 6.23. The Morgan fingerprint density at radius 2 is 2.04 bits per heavy atom. The molecule has 1 N–H and O–H groups in total. The number of fused-ring (bicyclic) bond motifs is 1. The molecule has 0 aliphatic heterocycles. The van der Waals surface area contributed by atoms with Crippen LogP contribution >= 0.6 is 11.3 Å². The van der Waals surface area contributed by atoms with Crippen LogP contribution in [0.2, 0.25) is 0 Å². The van der Waals surface area contributed by atoms with Crippen LogP contribution in [-0.4, -0.2) is 15.9 Å². The third kappa shape index (κ3) is 2.91. The summed E-state index contributed by atoms with van der Waals surface area (Å²) in [7, 11) is 0. The van der Waals surface area contributed by atoms with Crippen LogP contribution in [0.1, 0.15) is 15.4 Å². The number of nitrogens with one attached hydrogen (secondary N) is 1. The molecule has 0 saturated heterocycles. The quantitative estimate of drug-likeness (QED) is 0.614. The van der Waals surface area contributed by atoms with Gasteiger partial charge >= 0.3 is 0 Å². The number of furan rings is 1. The molecule has 0 atom stereocenters. The Kier molecular flexibility index (Phi) is 3.80. The van der Waals surface area contributed by atoms with Gasteiger partial charge in [0.1, 0.15) is 5.69 Å². The van der Waals surface area contributed by atoms with Crippen molar-refractivity contribution in [3.63, 3.8) is 0 Å². The Bertz CT molecular complexity index is 942. The molecule has 3 aromatic heterocycles. The lowest BCUT2D eigenvalue weighted by Gasteiger charge is -2.03. The van der Waals surface area contributed by atoms with Gasteiger partial charge in [0.05, 0.1) is 16.5 Å². The highest BCUT2D eigenvalue weighted by Crippen LogP contribution is 2.21. The van der Waals surface area contributed by atoms with Crippen LogP contribution in [0.15, 0.2) is 65.4 Å². The summed E-state index contributed by atoms with van der Waals surface area (Å²) in [4.78, 5) is 20.9. The minimum Gasteiger partial charge on any atom is -0.463 e. The van der Waals surface area contributed by atoms with E-state index in [1.54, 1.807) is 12.5 Å². The van der Waals surface area contributed by atoms with Crippen molar-refractivity contribution in [2.45, 2.75) is 6.54 Å². The van der Waals surface area contributed by atoms with Gasteiger partial charge in [-0.2, -0.15) is 0 Å². The van der Waals surface area contributed by atoms with Crippen LogP contribution in [0.25, 0.3) is 21.7 Å². The van der Waals surface area contributed by atoms with Crippen LogP contribution in [0.3, 0.4) is 0 Å². The standard InChI is InChI=1S/C18H13N3O2S/c22-17(18-21-14-4-1-2-6-16(14)24-18)20-11-12-7-8-13(19-10-12)15-5-3-9-23-15/h1-10H,11H2,(H,20,22). The number of rotatable bonds is 4. The van der Waals surface area contributed by atoms with Crippen molar-refractivity contribution in [2.24, 2.45) is 0 Å². The van der Waals surface area contributed by atoms with E-state index < -0.39 is 0 Å². The molecule has 0 aliphatic carbocycles. The summed E-state index contributed by atoms with van der Waals surface area (Å²) in [6.07, 6.45) is 3.35. The monoisotopic (exact) mass is 335 g/mol. The number of carbonyl (C=O) groups excluding carboxylic acids is 1. The molecule has 0 spiro atoms. The number of aromatic nitrogens is 2. The van der Waals surface area contributed by atoms with Crippen LogP contribution in [0.5, 0.6) is 0 Å². The zero-order valence-electron chi connectivity index (χ0n) is 12.6. The van der Waals surface area contributed by atoms with Crippen molar-refractivity contribution in [3.8, 4) is 11.5 Å². The van der Waals surface area contributed by atoms with Crippen molar-refractivity contribution in [1.29, 1.82) is 0 Å². The number of hydrogen-bond acceptors (Lipinski definition) is 5. The van der Waals surface area contributed by atoms with E-state index in [0.717, 1.165) is 27.2 Å². The average molecular weight is 335 g/mol. The normalized spacial score (nSPS) is 10.8. The minimum atomic E-state index is -0.175. The first-order chi connectivity index (χ1) is 11.8. The lowest BCUT2D eigenvalue weighted by molar-refractivity contribution is 0.0950. The Balaban J connectivity index is 1.43. The van der Waals surface area contributed by atoms with Gasteiger partial charge < -0.3 is 9.73 Å². The first-order valence-electron chi connectivity index (χ1n) is 7.42. The molecular formula is C18H13N3O2S. The average Bonchev–Trinajstić information content (AvgIpc) is 3.29. The maximum Gasteiger partial charge on any atom is 0.280 e. The van der Waals surface area contributed by atoms with Gasteiger partial charge in [-0.15, -0.1) is 11.3 Å². The molecule has 3 heterocycles. The first-order valence-corrected chi connectivity index (χ1v) is 8.24. The Hall–Kier alpha value is -2.99. The van der Waals surface area contributed by atoms with E-state index in [1.807, 2.05) is 48.5 Å². The van der Waals surface area contributed by atoms with Gasteiger partial charge in [-0.25, -0.2) is 4.98 Å². The largest absolute Gasteiger partial charge is 0.463 e. The van der Waals surface area contributed by atoms with E-state index >= 15 is 0 Å². The van der Waals surface area contributed by atoms with E-state index in [9.17, 15) is 4.79 Å². The predicted octanol–water partition coefficient (Wildman–Crippen LogP) is 3.88. The molecule has 4 rings (SSSR count). The highest BCUT2D eigenvalue weighted by atomic mass is 32.1. The molecule has 0 bridgehead atoms. The molecule has 0 unspecified atom stereocenters. The third-order valence-corrected chi connectivity index (χ3v) is 4.57. The topological polar surface area (TPSA) is 68.0 Å². The van der Waals surface area contributed by atoms with Crippen LogP contribution < -0.4 is 5.32 Å². The van der Waals surface area contributed by atoms with Gasteiger partial charge in [0.25, 0.3) is 5.91 Å². The van der Waals surface area contributed by atoms with E-state index in [1.165, 1.54) is 11.3 Å². The molecule has 24 heavy (non-hydrogen) atoms. The Morgan fingerprint density at radius 1 is 1.12 bits per heavy atom. The Labute approximate surface area is 142 Å². The molecule has 0 fully saturated rings. The zero-order chi connectivity index (χ0) is 16.4. The van der Waals surface area contributed by atoms with Gasteiger partial charge in [-0.05, 0) is 35.9 Å². The van der Waals surface area contributed by atoms with Crippen LogP contribution in [-0.2, 0) is 6.54 Å². The fourth-order valence-corrected chi connectivity index (χ4v) is 3.21. The van der Waals surface area contributed by atoms with Gasteiger partial charge in [-0.3, -0.25) is 9.78 Å². The molecule has 6 heteroatoms. The number of nitrogens with zero attached hydrogens (tertiary/aromatic N) is 2. The number of thiazole rings is 1. The lowest BCUT2D eigenvalue weighted by atomic mass is 10.2. The predicted molar refractivity (Wildman–Crippen MR) is 92.7 cm³/mol. The van der Waals surface area contributed by atoms with Crippen molar-refractivity contribution < 1.29 is 9.21 Å². The van der Waals surface area contributed by atoms with Gasteiger partial charge in [0, 0.05) is 12.7 Å². The molecule has 5 nitrogen and oxygen atoms in total. The van der Waals surface area contributed by atoms with Crippen molar-refractivity contribution in [3.05, 3.63) is 71.6 Å². The van der Waals surface area contributed by atoms with Crippen LogP contribution in [0, 0.1) is 0 Å². The number of amides is 1. The van der Waals surface area contributed by atoms with E-state index in [0.29, 0.717) is 11.6 Å². The summed E-state index contributed by atoms with van der Waals surface area (Å²) < 4.78 is 6.31. The SMILES string of the molecule is O=C(NCc1ccc(-c2ccco2)nc1)c1nc2ccccc2s1. The molecule has 0 aliphatic rings. The first kappa shape index (κ1) is 14.6. The molecular weight excluding hydrogens is 322 g/mol. The smallest absolute Gasteiger partial charge is 0.280 e. The second kappa shape index (κ2) is 6.25. The van der Waals surface area contributed by atoms with E-state index in [-0.39, 0.29) is 5.91 Å². The summed E-state index contributed by atoms with van der Waals surface area (Å²) in [5, 5.41) is 3.34. The van der Waals surface area contributed by atoms with Gasteiger partial charge in [0.15, 0.2) is 10.8 Å². The van der Waals surface area contributed by atoms with Crippen molar-refractivity contribution in [1.82, 2.24) is 15.3 Å². The fraction of sp³-hybridized carbons (Fsp3) is 0.0556. The summed E-state index contributed by atoms with van der Waals surface area (Å²) in [6, 6.07) is 15.2. The summed E-state index contributed by atoms with van der Waals surface area (Å²) in [5.41, 5.74) is 2.53. The maximum absolute atomic E-state index is 12.2. The number of pyridine rings is 1. The van der Waals surface area contributed by atoms with Gasteiger partial charge in [-0.1, -0.05) is 18.2 Å². The zero-order valence-corrected chi connectivity index (χ0v) is 13.4. The van der Waals surface area contributed by atoms with Crippen LogP contribution in [0.4, 0.5) is 0 Å². The summed E-state index contributed by atoms with van der Waals surface area (Å²) >= 11 is 1.39. The molecule has 4 aromatic rings. The van der Waals surface area contributed by atoms with Crippen molar-refractivity contribution in [2.75, 3.05) is 0 Å². The minimum absolute atomic E-state index is 0.175. The molecule has 0 saturated carbocycles. The number of para-hydroxylation sites is 1. The second-order valence-electron chi connectivity index (χ2n) is 5.20. The Morgan fingerprint density at radius 3 is 2.79 bits per heavy atom. The molecule has 1 aromatic carbocycles. The summed E-state index contributed by atoms with van der Waals surface area (Å²) in [6.45, 7) is 0.403. The number of carbonyl (C=O) groups is 1. The molecule has 0 radical (unpaired) electrons. The van der Waals surface area contributed by atoms with E-state index in [4.69, 9.17) is 4.42 Å². The summed E-state index contributed by atoms with van der Waals surface area (Å²) in [5.74, 6) is 0.548. The lowest BCUT2D eigenvalue weighted by Crippen LogP contribution is -2.22. The van der Waals surface area contributed by atoms with Crippen molar-refractivity contribution >= 4 is 27.5 Å². The fourth-order valence-electron chi connectivity index (χ4n) is 2.33. The number of hydrogen-bond donors (Lipinski definition) is 1. The maximum atomic E-state index is 12.2. The highest BCUT2D eigenvalue weighted by Gasteiger charge is 2.11. The molecule has 118 valence electrons. The number of benzene rings is 1.